The minimum absolute atomic E-state index is 0.131. The van der Waals surface area contributed by atoms with Crippen LogP contribution in [0.2, 0.25) is 0 Å². The Labute approximate surface area is 102 Å². The van der Waals surface area contributed by atoms with E-state index < -0.39 is 0 Å². The predicted octanol–water partition coefficient (Wildman–Crippen LogP) is 1.61. The fourth-order valence-corrected chi connectivity index (χ4v) is 2.22. The van der Waals surface area contributed by atoms with Gasteiger partial charge in [-0.3, -0.25) is 4.79 Å². The van der Waals surface area contributed by atoms with E-state index in [-0.39, 0.29) is 11.8 Å². The van der Waals surface area contributed by atoms with Crippen LogP contribution in [0.1, 0.15) is 32.4 Å². The maximum Gasteiger partial charge on any atom is 0.223 e. The Balaban J connectivity index is 1.82. The number of rotatable bonds is 4. The number of carbonyl (C=O) groups is 1. The molecule has 4 heteroatoms. The van der Waals surface area contributed by atoms with Crippen molar-refractivity contribution in [2.24, 2.45) is 11.8 Å². The van der Waals surface area contributed by atoms with E-state index in [1.807, 2.05) is 12.5 Å². The molecular formula is C13H21N3O. The maximum atomic E-state index is 12.0. The molecule has 0 aliphatic carbocycles. The molecular weight excluding hydrogens is 214 g/mol. The number of aromatic nitrogens is 2. The van der Waals surface area contributed by atoms with Crippen molar-refractivity contribution < 1.29 is 4.79 Å². The number of hydrogen-bond donors (Lipinski definition) is 1. The van der Waals surface area contributed by atoms with E-state index >= 15 is 0 Å². The van der Waals surface area contributed by atoms with Gasteiger partial charge in [-0.25, -0.2) is 4.98 Å². The summed E-state index contributed by atoms with van der Waals surface area (Å²) in [5.41, 5.74) is 1.18. The first-order valence-electron chi connectivity index (χ1n) is 6.43. The van der Waals surface area contributed by atoms with Crippen LogP contribution in [0.3, 0.4) is 0 Å². The summed E-state index contributed by atoms with van der Waals surface area (Å²) in [6, 6.07) is 0. The highest BCUT2D eigenvalue weighted by molar-refractivity contribution is 5.78. The SMILES string of the molecule is CC(C)CCNC(=O)C1CCn2cncc2C1. The fourth-order valence-electron chi connectivity index (χ4n) is 2.22. The zero-order chi connectivity index (χ0) is 12.3. The van der Waals surface area contributed by atoms with Crippen molar-refractivity contribution in [3.63, 3.8) is 0 Å². The maximum absolute atomic E-state index is 12.0. The van der Waals surface area contributed by atoms with Crippen molar-refractivity contribution in [2.75, 3.05) is 6.54 Å². The fraction of sp³-hybridized carbons (Fsp3) is 0.692. The molecule has 0 saturated carbocycles. The molecule has 1 unspecified atom stereocenters. The van der Waals surface area contributed by atoms with Gasteiger partial charge < -0.3 is 9.88 Å². The van der Waals surface area contributed by atoms with Gasteiger partial charge >= 0.3 is 0 Å². The average Bonchev–Trinajstić information content (AvgIpc) is 2.75. The summed E-state index contributed by atoms with van der Waals surface area (Å²) in [7, 11) is 0. The van der Waals surface area contributed by atoms with E-state index in [2.05, 4.69) is 28.7 Å². The topological polar surface area (TPSA) is 46.9 Å². The molecule has 1 aromatic heterocycles. The van der Waals surface area contributed by atoms with Crippen LogP contribution in [0, 0.1) is 11.8 Å². The number of amides is 1. The van der Waals surface area contributed by atoms with Gasteiger partial charge in [0.25, 0.3) is 0 Å². The molecule has 0 aromatic carbocycles. The van der Waals surface area contributed by atoms with E-state index in [4.69, 9.17) is 0 Å². The quantitative estimate of drug-likeness (QED) is 0.861. The lowest BCUT2D eigenvalue weighted by molar-refractivity contribution is -0.125. The molecule has 94 valence electrons. The summed E-state index contributed by atoms with van der Waals surface area (Å²) in [5, 5.41) is 3.04. The van der Waals surface area contributed by atoms with Gasteiger partial charge in [0.1, 0.15) is 0 Å². The van der Waals surface area contributed by atoms with E-state index in [9.17, 15) is 4.79 Å². The molecule has 0 saturated heterocycles. The van der Waals surface area contributed by atoms with Gasteiger partial charge in [0.2, 0.25) is 5.91 Å². The van der Waals surface area contributed by atoms with Crippen LogP contribution in [-0.4, -0.2) is 22.0 Å². The molecule has 1 aliphatic heterocycles. The van der Waals surface area contributed by atoms with Crippen LogP contribution in [-0.2, 0) is 17.8 Å². The number of imidazole rings is 1. The summed E-state index contributed by atoms with van der Waals surface area (Å²) in [4.78, 5) is 16.1. The first-order chi connectivity index (χ1) is 8.16. The van der Waals surface area contributed by atoms with Gasteiger partial charge in [0.05, 0.1) is 6.33 Å². The molecule has 0 fully saturated rings. The predicted molar refractivity (Wildman–Crippen MR) is 66.5 cm³/mol. The Morgan fingerprint density at radius 2 is 2.47 bits per heavy atom. The van der Waals surface area contributed by atoms with E-state index in [1.54, 1.807) is 0 Å². The Morgan fingerprint density at radius 1 is 1.65 bits per heavy atom. The number of carbonyl (C=O) groups excluding carboxylic acids is 1. The van der Waals surface area contributed by atoms with Crippen molar-refractivity contribution in [3.05, 3.63) is 18.2 Å². The van der Waals surface area contributed by atoms with Crippen LogP contribution < -0.4 is 5.32 Å². The van der Waals surface area contributed by atoms with Gasteiger partial charge in [-0.15, -0.1) is 0 Å². The lowest BCUT2D eigenvalue weighted by Gasteiger charge is -2.23. The molecule has 1 aromatic rings. The molecule has 1 amide bonds. The van der Waals surface area contributed by atoms with Crippen molar-refractivity contribution in [1.29, 1.82) is 0 Å². The second-order valence-electron chi connectivity index (χ2n) is 5.24. The standard InChI is InChI=1S/C13H21N3O/c1-10(2)3-5-15-13(17)11-4-6-16-9-14-8-12(16)7-11/h8-11H,3-7H2,1-2H3,(H,15,17). The van der Waals surface area contributed by atoms with E-state index in [0.717, 1.165) is 32.4 Å². The summed E-state index contributed by atoms with van der Waals surface area (Å²) >= 11 is 0. The van der Waals surface area contributed by atoms with Crippen molar-refractivity contribution >= 4 is 5.91 Å². The summed E-state index contributed by atoms with van der Waals surface area (Å²) in [5.74, 6) is 0.979. The van der Waals surface area contributed by atoms with Gasteiger partial charge in [-0.1, -0.05) is 13.8 Å². The smallest absolute Gasteiger partial charge is 0.223 e. The van der Waals surface area contributed by atoms with Gasteiger partial charge in [-0.2, -0.15) is 0 Å². The molecule has 1 N–H and O–H groups in total. The van der Waals surface area contributed by atoms with Crippen LogP contribution >= 0.6 is 0 Å². The van der Waals surface area contributed by atoms with Crippen molar-refractivity contribution in [2.45, 2.75) is 39.7 Å². The lowest BCUT2D eigenvalue weighted by atomic mass is 9.95. The van der Waals surface area contributed by atoms with Crippen molar-refractivity contribution in [1.82, 2.24) is 14.9 Å². The average molecular weight is 235 g/mol. The molecule has 4 nitrogen and oxygen atoms in total. The third-order valence-electron chi connectivity index (χ3n) is 3.36. The summed E-state index contributed by atoms with van der Waals surface area (Å²) in [6.07, 6.45) is 6.52. The van der Waals surface area contributed by atoms with Crippen LogP contribution in [0.4, 0.5) is 0 Å². The van der Waals surface area contributed by atoms with E-state index in [1.165, 1.54) is 5.69 Å². The van der Waals surface area contributed by atoms with E-state index in [0.29, 0.717) is 5.92 Å². The monoisotopic (exact) mass is 235 g/mol. The zero-order valence-electron chi connectivity index (χ0n) is 10.6. The first kappa shape index (κ1) is 12.1. The Kier molecular flexibility index (Phi) is 3.82. The van der Waals surface area contributed by atoms with Crippen LogP contribution in [0.15, 0.2) is 12.5 Å². The van der Waals surface area contributed by atoms with Gasteiger partial charge in [-0.05, 0) is 18.8 Å². The highest BCUT2D eigenvalue weighted by atomic mass is 16.1. The number of nitrogens with one attached hydrogen (secondary N) is 1. The minimum Gasteiger partial charge on any atom is -0.356 e. The third kappa shape index (κ3) is 3.08. The van der Waals surface area contributed by atoms with Crippen molar-refractivity contribution in [3.8, 4) is 0 Å². The second-order valence-corrected chi connectivity index (χ2v) is 5.24. The normalized spacial score (nSPS) is 19.1. The lowest BCUT2D eigenvalue weighted by Crippen LogP contribution is -2.35. The number of aryl methyl sites for hydroxylation is 1. The number of fused-ring (bicyclic) bond motifs is 1. The highest BCUT2D eigenvalue weighted by Crippen LogP contribution is 2.19. The third-order valence-corrected chi connectivity index (χ3v) is 3.36. The number of hydrogen-bond acceptors (Lipinski definition) is 2. The largest absolute Gasteiger partial charge is 0.356 e. The first-order valence-corrected chi connectivity index (χ1v) is 6.43. The van der Waals surface area contributed by atoms with Gasteiger partial charge in [0.15, 0.2) is 0 Å². The molecule has 1 atom stereocenters. The zero-order valence-corrected chi connectivity index (χ0v) is 10.6. The molecule has 0 radical (unpaired) electrons. The minimum atomic E-state index is 0.131. The Bertz CT molecular complexity index is 384. The molecule has 2 heterocycles. The Hall–Kier alpha value is -1.32. The summed E-state index contributed by atoms with van der Waals surface area (Å²) < 4.78 is 2.14. The molecule has 1 aliphatic rings. The van der Waals surface area contributed by atoms with Gasteiger partial charge in [0, 0.05) is 37.3 Å². The number of nitrogens with zero attached hydrogens (tertiary/aromatic N) is 2. The highest BCUT2D eigenvalue weighted by Gasteiger charge is 2.24. The second kappa shape index (κ2) is 5.34. The molecule has 0 spiro atoms. The summed E-state index contributed by atoms with van der Waals surface area (Å²) in [6.45, 7) is 6.06. The molecule has 0 bridgehead atoms. The molecule has 2 rings (SSSR count). The van der Waals surface area contributed by atoms with Crippen LogP contribution in [0.25, 0.3) is 0 Å². The molecule has 17 heavy (non-hydrogen) atoms. The Morgan fingerprint density at radius 3 is 3.24 bits per heavy atom. The van der Waals surface area contributed by atoms with Crippen LogP contribution in [0.5, 0.6) is 0 Å².